The Hall–Kier alpha value is -2.01. The topological polar surface area (TPSA) is 64.3 Å². The van der Waals surface area contributed by atoms with Gasteiger partial charge in [-0.05, 0) is 42.3 Å². The van der Waals surface area contributed by atoms with Crippen molar-refractivity contribution in [2.45, 2.75) is 13.3 Å². The van der Waals surface area contributed by atoms with Gasteiger partial charge in [0.1, 0.15) is 5.75 Å². The molecule has 0 saturated heterocycles. The summed E-state index contributed by atoms with van der Waals surface area (Å²) in [5.74, 6) is 0.381. The van der Waals surface area contributed by atoms with Crippen LogP contribution in [0.15, 0.2) is 46.9 Å². The molecule has 4 nitrogen and oxygen atoms in total. The van der Waals surface area contributed by atoms with Crippen LogP contribution in [-0.4, -0.2) is 12.5 Å². The van der Waals surface area contributed by atoms with E-state index in [2.05, 4.69) is 21.2 Å². The molecule has 110 valence electrons. The Morgan fingerprint density at radius 3 is 2.81 bits per heavy atom. The second-order valence-electron chi connectivity index (χ2n) is 4.56. The monoisotopic (exact) mass is 348 g/mol. The lowest BCUT2D eigenvalue weighted by atomic mass is 10.1. The molecule has 0 heterocycles. The highest BCUT2D eigenvalue weighted by atomic mass is 79.9. The highest BCUT2D eigenvalue weighted by Gasteiger charge is 2.07. The van der Waals surface area contributed by atoms with Crippen LogP contribution in [0.2, 0.25) is 0 Å². The number of aryl methyl sites for hydroxylation is 1. The number of carbonyl (C=O) groups excluding carboxylic acids is 1. The summed E-state index contributed by atoms with van der Waals surface area (Å²) in [4.78, 5) is 11.9. The second kappa shape index (κ2) is 7.13. The molecular weight excluding hydrogens is 332 g/mol. The van der Waals surface area contributed by atoms with Gasteiger partial charge in [0, 0.05) is 21.9 Å². The summed E-state index contributed by atoms with van der Waals surface area (Å²) in [5.41, 5.74) is 8.14. The number of nitrogen functional groups attached to an aromatic ring is 1. The Kier molecular flexibility index (Phi) is 5.22. The lowest BCUT2D eigenvalue weighted by molar-refractivity contribution is -0.118. The van der Waals surface area contributed by atoms with Crippen molar-refractivity contribution in [1.82, 2.24) is 0 Å². The molecule has 2 aromatic rings. The number of rotatable bonds is 5. The molecule has 0 radical (unpaired) electrons. The average molecular weight is 349 g/mol. The van der Waals surface area contributed by atoms with Gasteiger partial charge in [-0.25, -0.2) is 0 Å². The lowest BCUT2D eigenvalue weighted by Crippen LogP contribution is -2.20. The SMILES string of the molecule is CCc1cc(Br)ccc1NC(=O)COc1cccc(N)c1. The lowest BCUT2D eigenvalue weighted by Gasteiger charge is -2.11. The molecule has 21 heavy (non-hydrogen) atoms. The average Bonchev–Trinajstić information content (AvgIpc) is 2.47. The van der Waals surface area contributed by atoms with E-state index >= 15 is 0 Å². The molecule has 0 saturated carbocycles. The third-order valence-electron chi connectivity index (χ3n) is 2.95. The fourth-order valence-electron chi connectivity index (χ4n) is 1.92. The standard InChI is InChI=1S/C16H17BrN2O2/c1-2-11-8-12(17)6-7-15(11)19-16(20)10-21-14-5-3-4-13(18)9-14/h3-9H,2,10,18H2,1H3,(H,19,20). The minimum Gasteiger partial charge on any atom is -0.484 e. The first kappa shape index (κ1) is 15.4. The van der Waals surface area contributed by atoms with Gasteiger partial charge in [-0.15, -0.1) is 0 Å². The largest absolute Gasteiger partial charge is 0.484 e. The number of anilines is 2. The van der Waals surface area contributed by atoms with Gasteiger partial charge in [-0.2, -0.15) is 0 Å². The van der Waals surface area contributed by atoms with Crippen LogP contribution < -0.4 is 15.8 Å². The van der Waals surface area contributed by atoms with Crippen LogP contribution in [0, 0.1) is 0 Å². The number of hydrogen-bond acceptors (Lipinski definition) is 3. The van der Waals surface area contributed by atoms with Crippen LogP contribution in [0.1, 0.15) is 12.5 Å². The van der Waals surface area contributed by atoms with Crippen LogP contribution in [0.25, 0.3) is 0 Å². The smallest absolute Gasteiger partial charge is 0.262 e. The fourth-order valence-corrected chi connectivity index (χ4v) is 2.32. The maximum Gasteiger partial charge on any atom is 0.262 e. The molecule has 0 aliphatic heterocycles. The molecule has 0 atom stereocenters. The van der Waals surface area contributed by atoms with Gasteiger partial charge in [0.15, 0.2) is 6.61 Å². The molecule has 3 N–H and O–H groups in total. The summed E-state index contributed by atoms with van der Waals surface area (Å²) in [5, 5.41) is 2.86. The van der Waals surface area contributed by atoms with Gasteiger partial charge in [-0.1, -0.05) is 28.9 Å². The van der Waals surface area contributed by atoms with Gasteiger partial charge in [0.05, 0.1) is 0 Å². The zero-order chi connectivity index (χ0) is 15.2. The van der Waals surface area contributed by atoms with E-state index in [0.717, 1.165) is 22.1 Å². The summed E-state index contributed by atoms with van der Waals surface area (Å²) >= 11 is 3.42. The molecular formula is C16H17BrN2O2. The van der Waals surface area contributed by atoms with E-state index in [1.807, 2.05) is 25.1 Å². The number of benzene rings is 2. The van der Waals surface area contributed by atoms with Crippen molar-refractivity contribution >= 4 is 33.2 Å². The van der Waals surface area contributed by atoms with Gasteiger partial charge in [0.2, 0.25) is 0 Å². The summed E-state index contributed by atoms with van der Waals surface area (Å²) in [6.07, 6.45) is 0.838. The Balaban J connectivity index is 1.96. The van der Waals surface area contributed by atoms with E-state index in [1.165, 1.54) is 0 Å². The number of amides is 1. The predicted octanol–water partition coefficient (Wildman–Crippen LogP) is 3.61. The molecule has 0 aliphatic carbocycles. The molecule has 2 rings (SSSR count). The van der Waals surface area contributed by atoms with Gasteiger partial charge in [-0.3, -0.25) is 4.79 Å². The van der Waals surface area contributed by atoms with Crippen molar-refractivity contribution in [1.29, 1.82) is 0 Å². The number of nitrogens with two attached hydrogens (primary N) is 1. The molecule has 0 fully saturated rings. The van der Waals surface area contributed by atoms with Crippen molar-refractivity contribution in [2.24, 2.45) is 0 Å². The molecule has 1 amide bonds. The van der Waals surface area contributed by atoms with E-state index in [1.54, 1.807) is 24.3 Å². The maximum atomic E-state index is 11.9. The third-order valence-corrected chi connectivity index (χ3v) is 3.44. The van der Waals surface area contributed by atoms with Crippen molar-refractivity contribution in [3.05, 3.63) is 52.5 Å². The number of hydrogen-bond donors (Lipinski definition) is 2. The van der Waals surface area contributed by atoms with Gasteiger partial charge < -0.3 is 15.8 Å². The zero-order valence-corrected chi connectivity index (χ0v) is 13.3. The highest BCUT2D eigenvalue weighted by molar-refractivity contribution is 9.10. The third kappa shape index (κ3) is 4.49. The number of halogens is 1. The molecule has 2 aromatic carbocycles. The van der Waals surface area contributed by atoms with Crippen LogP contribution in [0.5, 0.6) is 5.75 Å². The van der Waals surface area contributed by atoms with E-state index < -0.39 is 0 Å². The van der Waals surface area contributed by atoms with Crippen LogP contribution in [-0.2, 0) is 11.2 Å². The first-order valence-corrected chi connectivity index (χ1v) is 7.44. The molecule has 5 heteroatoms. The zero-order valence-electron chi connectivity index (χ0n) is 11.7. The summed E-state index contributed by atoms with van der Waals surface area (Å²) in [6.45, 7) is 1.99. The summed E-state index contributed by atoms with van der Waals surface area (Å²) < 4.78 is 6.41. The van der Waals surface area contributed by atoms with Gasteiger partial charge >= 0.3 is 0 Å². The van der Waals surface area contributed by atoms with Gasteiger partial charge in [0.25, 0.3) is 5.91 Å². The normalized spacial score (nSPS) is 10.2. The molecule has 0 bridgehead atoms. The van der Waals surface area contributed by atoms with Crippen molar-refractivity contribution in [3.63, 3.8) is 0 Å². The second-order valence-corrected chi connectivity index (χ2v) is 5.48. The van der Waals surface area contributed by atoms with E-state index in [0.29, 0.717) is 11.4 Å². The first-order chi connectivity index (χ1) is 10.1. The minimum atomic E-state index is -0.200. The maximum absolute atomic E-state index is 11.9. The van der Waals surface area contributed by atoms with Crippen molar-refractivity contribution in [2.75, 3.05) is 17.7 Å². The first-order valence-electron chi connectivity index (χ1n) is 6.65. The Labute approximate surface area is 132 Å². The molecule has 0 spiro atoms. The Bertz CT molecular complexity index is 644. The number of nitrogens with one attached hydrogen (secondary N) is 1. The van der Waals surface area contributed by atoms with Crippen LogP contribution in [0.4, 0.5) is 11.4 Å². The molecule has 0 aromatic heterocycles. The van der Waals surface area contributed by atoms with E-state index in [4.69, 9.17) is 10.5 Å². The van der Waals surface area contributed by atoms with Crippen LogP contribution >= 0.6 is 15.9 Å². The predicted molar refractivity (Wildman–Crippen MR) is 88.5 cm³/mol. The van der Waals surface area contributed by atoms with Crippen molar-refractivity contribution < 1.29 is 9.53 Å². The quantitative estimate of drug-likeness (QED) is 0.811. The molecule has 0 aliphatic rings. The highest BCUT2D eigenvalue weighted by Crippen LogP contribution is 2.21. The van der Waals surface area contributed by atoms with Crippen LogP contribution in [0.3, 0.4) is 0 Å². The summed E-state index contributed by atoms with van der Waals surface area (Å²) in [7, 11) is 0. The fraction of sp³-hybridized carbons (Fsp3) is 0.188. The van der Waals surface area contributed by atoms with E-state index in [-0.39, 0.29) is 12.5 Å². The minimum absolute atomic E-state index is 0.0529. The Morgan fingerprint density at radius 1 is 1.29 bits per heavy atom. The molecule has 0 unspecified atom stereocenters. The Morgan fingerprint density at radius 2 is 2.10 bits per heavy atom. The van der Waals surface area contributed by atoms with Crippen molar-refractivity contribution in [3.8, 4) is 5.75 Å². The summed E-state index contributed by atoms with van der Waals surface area (Å²) in [6, 6.07) is 12.8. The number of carbonyl (C=O) groups is 1. The number of ether oxygens (including phenoxy) is 1. The van der Waals surface area contributed by atoms with E-state index in [9.17, 15) is 4.79 Å².